The summed E-state index contributed by atoms with van der Waals surface area (Å²) in [4.78, 5) is 22.4. The van der Waals surface area contributed by atoms with E-state index in [1.165, 1.54) is 23.1 Å². The Labute approximate surface area is 149 Å². The first kappa shape index (κ1) is 18.4. The number of unbranched alkanes of at least 4 members (excludes halogenated alkanes) is 1. The zero-order chi connectivity index (χ0) is 18.2. The molecule has 6 nitrogen and oxygen atoms in total. The topological polar surface area (TPSA) is 96.0 Å². The molecule has 0 radical (unpaired) electrons. The fourth-order valence-corrected chi connectivity index (χ4v) is 2.84. The number of rotatable bonds is 7. The number of thiophene rings is 1. The Morgan fingerprint density at radius 1 is 1.40 bits per heavy atom. The molecule has 2 rings (SSSR count). The van der Waals surface area contributed by atoms with Gasteiger partial charge in [-0.15, -0.1) is 0 Å². The number of anilines is 1. The first-order valence-electron chi connectivity index (χ1n) is 7.78. The number of hydrogen-bond acceptors (Lipinski definition) is 5. The van der Waals surface area contributed by atoms with Gasteiger partial charge in [-0.2, -0.15) is 5.26 Å². The normalized spacial score (nSPS) is 11.0. The Morgan fingerprint density at radius 2 is 2.12 bits per heavy atom. The maximum Gasteiger partial charge on any atom is 0.324 e. The van der Waals surface area contributed by atoms with E-state index in [4.69, 9.17) is 0 Å². The average molecular weight is 355 g/mol. The molecule has 1 aromatic heterocycles. The van der Waals surface area contributed by atoms with Crippen LogP contribution in [-0.2, 0) is 11.2 Å². The van der Waals surface area contributed by atoms with Crippen molar-refractivity contribution in [2.45, 2.75) is 26.2 Å². The van der Waals surface area contributed by atoms with Crippen LogP contribution in [0.15, 0.2) is 41.3 Å². The van der Waals surface area contributed by atoms with E-state index >= 15 is 0 Å². The minimum atomic E-state index is -0.544. The Bertz CT molecular complexity index is 832. The molecule has 2 aromatic rings. The highest BCUT2D eigenvalue weighted by Crippen LogP contribution is 2.24. The van der Waals surface area contributed by atoms with E-state index in [1.54, 1.807) is 12.1 Å². The molecule has 0 atom stereocenters. The predicted molar refractivity (Wildman–Crippen MR) is 98.2 cm³/mol. The van der Waals surface area contributed by atoms with Gasteiger partial charge in [-0.3, -0.25) is 14.9 Å². The van der Waals surface area contributed by atoms with Gasteiger partial charge in [0.15, 0.2) is 0 Å². The van der Waals surface area contributed by atoms with Gasteiger partial charge in [-0.05, 0) is 42.2 Å². The number of carbonyl (C=O) groups excluding carboxylic acids is 1. The fraction of sp³-hybridized carbons (Fsp3) is 0.222. The number of amides is 1. The summed E-state index contributed by atoms with van der Waals surface area (Å²) in [6.45, 7) is 2.13. The molecule has 1 heterocycles. The first-order valence-corrected chi connectivity index (χ1v) is 8.66. The summed E-state index contributed by atoms with van der Waals surface area (Å²) in [6, 6.07) is 10.7. The van der Waals surface area contributed by atoms with Crippen molar-refractivity contribution in [2.75, 3.05) is 5.32 Å². The molecule has 128 valence electrons. The van der Waals surface area contributed by atoms with Crippen molar-refractivity contribution >= 4 is 34.0 Å². The van der Waals surface area contributed by atoms with Gasteiger partial charge in [-0.1, -0.05) is 36.8 Å². The number of carbonyl (C=O) groups is 1. The standard InChI is InChI=1S/C18H17N3O3S/c1-2-3-4-13-5-7-16(8-6-13)20-18(22)15(11-19)9-14-10-17(21(23)24)25-12-14/h5-10,12H,2-4H2,1H3,(H,20,22)/b15-9+. The molecular weight excluding hydrogens is 338 g/mol. The van der Waals surface area contributed by atoms with Crippen LogP contribution in [0.1, 0.15) is 30.9 Å². The average Bonchev–Trinajstić information content (AvgIpc) is 3.08. The van der Waals surface area contributed by atoms with Gasteiger partial charge in [0.2, 0.25) is 0 Å². The molecule has 0 saturated carbocycles. The summed E-state index contributed by atoms with van der Waals surface area (Å²) in [5.74, 6) is -0.544. The lowest BCUT2D eigenvalue weighted by atomic mass is 10.1. The molecular formula is C18H17N3O3S. The van der Waals surface area contributed by atoms with Crippen molar-refractivity contribution < 1.29 is 9.72 Å². The summed E-state index contributed by atoms with van der Waals surface area (Å²) >= 11 is 0.949. The number of nitrogens with zero attached hydrogens (tertiary/aromatic N) is 2. The Balaban J connectivity index is 2.07. The van der Waals surface area contributed by atoms with E-state index in [-0.39, 0.29) is 10.6 Å². The van der Waals surface area contributed by atoms with Crippen molar-refractivity contribution in [3.05, 3.63) is 62.5 Å². The van der Waals surface area contributed by atoms with Crippen LogP contribution in [0.5, 0.6) is 0 Å². The van der Waals surface area contributed by atoms with Crippen molar-refractivity contribution in [1.82, 2.24) is 0 Å². The minimum absolute atomic E-state index is 0.0355. The summed E-state index contributed by atoms with van der Waals surface area (Å²) in [5.41, 5.74) is 2.14. The zero-order valence-corrected chi connectivity index (χ0v) is 14.5. The molecule has 0 saturated heterocycles. The van der Waals surface area contributed by atoms with Gasteiger partial charge in [0.25, 0.3) is 5.91 Å². The number of benzene rings is 1. The molecule has 1 N–H and O–H groups in total. The van der Waals surface area contributed by atoms with Crippen molar-refractivity contribution in [2.24, 2.45) is 0 Å². The van der Waals surface area contributed by atoms with Gasteiger partial charge >= 0.3 is 5.00 Å². The minimum Gasteiger partial charge on any atom is -0.321 e. The van der Waals surface area contributed by atoms with Gasteiger partial charge in [0.05, 0.1) is 4.92 Å². The molecule has 0 unspecified atom stereocenters. The monoisotopic (exact) mass is 355 g/mol. The van der Waals surface area contributed by atoms with Gasteiger partial charge in [0.1, 0.15) is 11.6 Å². The second-order valence-electron chi connectivity index (χ2n) is 5.40. The first-order chi connectivity index (χ1) is 12.0. The molecule has 1 amide bonds. The highest BCUT2D eigenvalue weighted by atomic mass is 32.1. The predicted octanol–water partition coefficient (Wildman–Crippen LogP) is 4.54. The molecule has 25 heavy (non-hydrogen) atoms. The van der Waals surface area contributed by atoms with E-state index in [9.17, 15) is 20.2 Å². The number of aryl methyl sites for hydroxylation is 1. The summed E-state index contributed by atoms with van der Waals surface area (Å²) in [7, 11) is 0. The van der Waals surface area contributed by atoms with E-state index in [2.05, 4.69) is 12.2 Å². The van der Waals surface area contributed by atoms with E-state index in [0.717, 1.165) is 30.6 Å². The Kier molecular flexibility index (Phi) is 6.43. The van der Waals surface area contributed by atoms with Crippen LogP contribution < -0.4 is 5.32 Å². The fourth-order valence-electron chi connectivity index (χ4n) is 2.16. The quantitative estimate of drug-likeness (QED) is 0.341. The van der Waals surface area contributed by atoms with Crippen LogP contribution >= 0.6 is 11.3 Å². The maximum absolute atomic E-state index is 12.2. The third-order valence-electron chi connectivity index (χ3n) is 3.49. The molecule has 1 aromatic carbocycles. The Morgan fingerprint density at radius 3 is 2.68 bits per heavy atom. The van der Waals surface area contributed by atoms with Crippen LogP contribution in [0.4, 0.5) is 10.7 Å². The van der Waals surface area contributed by atoms with Crippen LogP contribution in [0.3, 0.4) is 0 Å². The smallest absolute Gasteiger partial charge is 0.321 e. The second-order valence-corrected chi connectivity index (χ2v) is 6.29. The highest BCUT2D eigenvalue weighted by Gasteiger charge is 2.13. The number of nitrogens with one attached hydrogen (secondary N) is 1. The summed E-state index contributed by atoms with van der Waals surface area (Å²) in [5, 5.41) is 24.0. The molecule has 7 heteroatoms. The molecule has 0 fully saturated rings. The largest absolute Gasteiger partial charge is 0.324 e. The molecule has 0 bridgehead atoms. The summed E-state index contributed by atoms with van der Waals surface area (Å²) < 4.78 is 0. The third kappa shape index (κ3) is 5.26. The highest BCUT2D eigenvalue weighted by molar-refractivity contribution is 7.13. The SMILES string of the molecule is CCCCc1ccc(NC(=O)/C(C#N)=C/c2csc([N+](=O)[O-])c2)cc1. The van der Waals surface area contributed by atoms with Crippen LogP contribution in [0, 0.1) is 21.4 Å². The Hall–Kier alpha value is -2.98. The molecule has 0 spiro atoms. The zero-order valence-electron chi connectivity index (χ0n) is 13.7. The summed E-state index contributed by atoms with van der Waals surface area (Å²) in [6.07, 6.45) is 4.56. The number of hydrogen-bond donors (Lipinski definition) is 1. The van der Waals surface area contributed by atoms with Crippen LogP contribution in [0.2, 0.25) is 0 Å². The van der Waals surface area contributed by atoms with Crippen molar-refractivity contribution in [1.29, 1.82) is 5.26 Å². The van der Waals surface area contributed by atoms with Crippen LogP contribution in [-0.4, -0.2) is 10.8 Å². The maximum atomic E-state index is 12.2. The van der Waals surface area contributed by atoms with Gasteiger partial charge in [-0.25, -0.2) is 0 Å². The van der Waals surface area contributed by atoms with Crippen LogP contribution in [0.25, 0.3) is 6.08 Å². The molecule has 0 aliphatic heterocycles. The van der Waals surface area contributed by atoms with E-state index < -0.39 is 10.8 Å². The van der Waals surface area contributed by atoms with Gasteiger partial charge in [0, 0.05) is 17.1 Å². The van der Waals surface area contributed by atoms with E-state index in [1.807, 2.05) is 18.2 Å². The lowest BCUT2D eigenvalue weighted by Gasteiger charge is -2.06. The molecule has 0 aliphatic rings. The third-order valence-corrected chi connectivity index (χ3v) is 4.39. The van der Waals surface area contributed by atoms with Crippen molar-refractivity contribution in [3.8, 4) is 6.07 Å². The molecule has 0 aliphatic carbocycles. The van der Waals surface area contributed by atoms with Crippen molar-refractivity contribution in [3.63, 3.8) is 0 Å². The number of nitriles is 1. The lowest BCUT2D eigenvalue weighted by molar-refractivity contribution is -0.380. The van der Waals surface area contributed by atoms with Gasteiger partial charge < -0.3 is 5.32 Å². The second kappa shape index (κ2) is 8.76. The number of nitro groups is 1. The van der Waals surface area contributed by atoms with E-state index in [0.29, 0.717) is 11.3 Å². The lowest BCUT2D eigenvalue weighted by Crippen LogP contribution is -2.13.